The molecule has 0 bridgehead atoms. The summed E-state index contributed by atoms with van der Waals surface area (Å²) in [7, 11) is -1.73. The molecule has 0 fully saturated rings. The van der Waals surface area contributed by atoms with E-state index >= 15 is 0 Å². The van der Waals surface area contributed by atoms with Gasteiger partial charge in [0.05, 0.1) is 34.1 Å². The van der Waals surface area contributed by atoms with Crippen molar-refractivity contribution < 1.29 is 13.2 Å². The predicted molar refractivity (Wildman–Crippen MR) is 85.3 cm³/mol. The second-order valence-corrected chi connectivity index (χ2v) is 6.91. The lowest BCUT2D eigenvalue weighted by Crippen LogP contribution is -2.02. The van der Waals surface area contributed by atoms with Crippen LogP contribution in [0.4, 0.5) is 17.1 Å². The lowest BCUT2D eigenvalue weighted by atomic mass is 10.2. The van der Waals surface area contributed by atoms with E-state index in [0.29, 0.717) is 27.8 Å². The smallest absolute Gasteiger partial charge is 0.175 e. The van der Waals surface area contributed by atoms with Crippen molar-refractivity contribution in [2.75, 3.05) is 24.4 Å². The van der Waals surface area contributed by atoms with Gasteiger partial charge in [-0.2, -0.15) is 0 Å². The zero-order chi connectivity index (χ0) is 15.6. The Labute approximate surface area is 128 Å². The first-order valence-electron chi connectivity index (χ1n) is 6.01. The first kappa shape index (κ1) is 15.5. The Bertz CT molecular complexity index is 776. The summed E-state index contributed by atoms with van der Waals surface area (Å²) in [6.45, 7) is 0. The summed E-state index contributed by atoms with van der Waals surface area (Å²) in [5, 5.41) is 3.56. The predicted octanol–water partition coefficient (Wildman–Crippen LogP) is 3.08. The molecule has 0 amide bonds. The van der Waals surface area contributed by atoms with E-state index in [1.807, 2.05) is 0 Å². The number of hydrogen-bond donors (Lipinski definition) is 2. The second-order valence-electron chi connectivity index (χ2n) is 4.49. The summed E-state index contributed by atoms with van der Waals surface area (Å²) in [6, 6.07) is 9.66. The van der Waals surface area contributed by atoms with Gasteiger partial charge in [0.2, 0.25) is 0 Å². The van der Waals surface area contributed by atoms with Crippen LogP contribution in [0.15, 0.2) is 41.3 Å². The molecule has 0 unspecified atom stereocenters. The first-order valence-corrected chi connectivity index (χ1v) is 8.28. The molecule has 0 atom stereocenters. The highest BCUT2D eigenvalue weighted by Gasteiger charge is 2.11. The van der Waals surface area contributed by atoms with Crippen LogP contribution in [0, 0.1) is 0 Å². The van der Waals surface area contributed by atoms with Crippen molar-refractivity contribution in [3.63, 3.8) is 0 Å². The maximum atomic E-state index is 11.5. The highest BCUT2D eigenvalue weighted by atomic mass is 35.5. The number of nitrogens with one attached hydrogen (secondary N) is 1. The first-order chi connectivity index (χ1) is 9.81. The van der Waals surface area contributed by atoms with E-state index in [9.17, 15) is 8.42 Å². The van der Waals surface area contributed by atoms with Crippen LogP contribution in [0.5, 0.6) is 5.75 Å². The van der Waals surface area contributed by atoms with Crippen molar-refractivity contribution in [1.82, 2.24) is 0 Å². The minimum Gasteiger partial charge on any atom is -0.497 e. The van der Waals surface area contributed by atoms with E-state index in [1.165, 1.54) is 12.1 Å². The minimum atomic E-state index is -3.29. The number of halogens is 1. The van der Waals surface area contributed by atoms with Crippen LogP contribution >= 0.6 is 11.6 Å². The van der Waals surface area contributed by atoms with E-state index in [2.05, 4.69) is 5.32 Å². The molecular formula is C14H15ClN2O3S. The molecule has 0 aliphatic heterocycles. The third-order valence-electron chi connectivity index (χ3n) is 2.89. The quantitative estimate of drug-likeness (QED) is 0.844. The van der Waals surface area contributed by atoms with Crippen LogP contribution in [-0.2, 0) is 9.84 Å². The summed E-state index contributed by atoms with van der Waals surface area (Å²) in [5.41, 5.74) is 7.39. The fourth-order valence-electron chi connectivity index (χ4n) is 1.76. The molecule has 21 heavy (non-hydrogen) atoms. The van der Waals surface area contributed by atoms with Gasteiger partial charge in [0.25, 0.3) is 0 Å². The van der Waals surface area contributed by atoms with Crippen molar-refractivity contribution in [1.29, 1.82) is 0 Å². The lowest BCUT2D eigenvalue weighted by Gasteiger charge is -2.13. The lowest BCUT2D eigenvalue weighted by molar-refractivity contribution is 0.415. The highest BCUT2D eigenvalue weighted by Crippen LogP contribution is 2.32. The Morgan fingerprint density at radius 3 is 2.43 bits per heavy atom. The van der Waals surface area contributed by atoms with Crippen LogP contribution in [0.1, 0.15) is 0 Å². The monoisotopic (exact) mass is 326 g/mol. The normalized spacial score (nSPS) is 11.2. The van der Waals surface area contributed by atoms with Crippen LogP contribution in [-0.4, -0.2) is 21.8 Å². The average Bonchev–Trinajstić information content (AvgIpc) is 2.42. The highest BCUT2D eigenvalue weighted by molar-refractivity contribution is 7.90. The Kier molecular flexibility index (Phi) is 4.29. The van der Waals surface area contributed by atoms with E-state index in [4.69, 9.17) is 22.1 Å². The summed E-state index contributed by atoms with van der Waals surface area (Å²) < 4.78 is 28.1. The Hall–Kier alpha value is -1.92. The van der Waals surface area contributed by atoms with Gasteiger partial charge >= 0.3 is 0 Å². The van der Waals surface area contributed by atoms with Gasteiger partial charge in [-0.15, -0.1) is 0 Å². The van der Waals surface area contributed by atoms with E-state index in [-0.39, 0.29) is 4.90 Å². The summed E-state index contributed by atoms with van der Waals surface area (Å²) in [6.07, 6.45) is 1.13. The van der Waals surface area contributed by atoms with Gasteiger partial charge in [0.1, 0.15) is 5.75 Å². The van der Waals surface area contributed by atoms with Crippen LogP contribution in [0.25, 0.3) is 0 Å². The molecule has 3 N–H and O–H groups in total. The average molecular weight is 327 g/mol. The largest absolute Gasteiger partial charge is 0.497 e. The summed E-state index contributed by atoms with van der Waals surface area (Å²) in [4.78, 5) is 0.169. The zero-order valence-electron chi connectivity index (χ0n) is 11.6. The molecule has 0 aliphatic carbocycles. The number of ether oxygens (including phenoxy) is 1. The Morgan fingerprint density at radius 1 is 1.14 bits per heavy atom. The molecule has 2 aromatic carbocycles. The van der Waals surface area contributed by atoms with E-state index in [0.717, 1.165) is 6.26 Å². The van der Waals surface area contributed by atoms with E-state index in [1.54, 1.807) is 31.4 Å². The molecule has 0 heterocycles. The minimum absolute atomic E-state index is 0.169. The number of methoxy groups -OCH3 is 1. The van der Waals surface area contributed by atoms with Crippen molar-refractivity contribution in [2.45, 2.75) is 4.90 Å². The fraction of sp³-hybridized carbons (Fsp3) is 0.143. The van der Waals surface area contributed by atoms with Gasteiger partial charge in [0, 0.05) is 12.3 Å². The molecule has 5 nitrogen and oxygen atoms in total. The van der Waals surface area contributed by atoms with Crippen LogP contribution in [0.2, 0.25) is 5.02 Å². The van der Waals surface area contributed by atoms with Gasteiger partial charge < -0.3 is 15.8 Å². The number of anilines is 3. The Morgan fingerprint density at radius 2 is 1.86 bits per heavy atom. The van der Waals surface area contributed by atoms with Gasteiger partial charge in [-0.1, -0.05) is 11.6 Å². The van der Waals surface area contributed by atoms with Gasteiger partial charge in [-0.25, -0.2) is 8.42 Å². The van der Waals surface area contributed by atoms with Crippen molar-refractivity contribution in [3.05, 3.63) is 41.4 Å². The standard InChI is InChI=1S/C14H15ClN2O3S/c1-20-9-3-5-11(15)14(7-9)17-13-6-4-10(8-12(13)16)21(2,18)19/h3-8,17H,16H2,1-2H3. The molecule has 0 aromatic heterocycles. The van der Waals surface area contributed by atoms with Crippen LogP contribution in [0.3, 0.4) is 0 Å². The number of nitrogen functional groups attached to an aromatic ring is 1. The van der Waals surface area contributed by atoms with Gasteiger partial charge in [0.15, 0.2) is 9.84 Å². The molecule has 0 saturated heterocycles. The summed E-state index contributed by atoms with van der Waals surface area (Å²) in [5.74, 6) is 0.647. The molecule has 0 aliphatic rings. The number of benzene rings is 2. The molecule has 0 spiro atoms. The van der Waals surface area contributed by atoms with Gasteiger partial charge in [-0.3, -0.25) is 0 Å². The summed E-state index contributed by atoms with van der Waals surface area (Å²) >= 11 is 6.10. The maximum Gasteiger partial charge on any atom is 0.175 e. The molecular weight excluding hydrogens is 312 g/mol. The number of rotatable bonds is 4. The number of hydrogen-bond acceptors (Lipinski definition) is 5. The Balaban J connectivity index is 2.36. The SMILES string of the molecule is COc1ccc(Cl)c(Nc2ccc(S(C)(=O)=O)cc2N)c1. The zero-order valence-corrected chi connectivity index (χ0v) is 13.1. The molecule has 112 valence electrons. The molecule has 0 saturated carbocycles. The third-order valence-corrected chi connectivity index (χ3v) is 4.33. The molecule has 2 rings (SSSR count). The second kappa shape index (κ2) is 5.83. The maximum absolute atomic E-state index is 11.5. The third kappa shape index (κ3) is 3.59. The molecule has 2 aromatic rings. The fourth-order valence-corrected chi connectivity index (χ4v) is 2.58. The van der Waals surface area contributed by atoms with Crippen molar-refractivity contribution >= 4 is 38.5 Å². The topological polar surface area (TPSA) is 81.4 Å². The van der Waals surface area contributed by atoms with E-state index < -0.39 is 9.84 Å². The van der Waals surface area contributed by atoms with Crippen molar-refractivity contribution in [2.24, 2.45) is 0 Å². The molecule has 0 radical (unpaired) electrons. The van der Waals surface area contributed by atoms with Gasteiger partial charge in [-0.05, 0) is 30.3 Å². The van der Waals surface area contributed by atoms with Crippen molar-refractivity contribution in [3.8, 4) is 5.75 Å². The van der Waals surface area contributed by atoms with Crippen LogP contribution < -0.4 is 15.8 Å². The number of nitrogens with two attached hydrogens (primary N) is 1. The molecule has 7 heteroatoms. The number of sulfone groups is 1.